The van der Waals surface area contributed by atoms with Crippen LogP contribution in [0.5, 0.6) is 5.75 Å². The van der Waals surface area contributed by atoms with Crippen LogP contribution in [-0.2, 0) is 24.7 Å². The van der Waals surface area contributed by atoms with Crippen LogP contribution in [0.2, 0.25) is 0 Å². The number of nitrogens with zero attached hydrogens (tertiary/aromatic N) is 3. The highest BCUT2D eigenvalue weighted by Gasteiger charge is 2.26. The first-order valence-electron chi connectivity index (χ1n) is 9.88. The second-order valence-electron chi connectivity index (χ2n) is 7.49. The predicted octanol–water partition coefficient (Wildman–Crippen LogP) is 1.59. The molecule has 30 heavy (non-hydrogen) atoms. The minimum Gasteiger partial charge on any atom is -0.481 e. The van der Waals surface area contributed by atoms with Crippen molar-refractivity contribution in [3.8, 4) is 5.75 Å². The summed E-state index contributed by atoms with van der Waals surface area (Å²) in [6.45, 7) is 4.40. The van der Waals surface area contributed by atoms with Crippen molar-refractivity contribution in [3.05, 3.63) is 68.2 Å². The quantitative estimate of drug-likeness (QED) is 0.610. The molecule has 2 aromatic heterocycles. The van der Waals surface area contributed by atoms with Crippen molar-refractivity contribution in [2.45, 2.75) is 32.8 Å². The van der Waals surface area contributed by atoms with E-state index in [9.17, 15) is 14.4 Å². The van der Waals surface area contributed by atoms with Gasteiger partial charge in [0, 0.05) is 49.6 Å². The molecule has 156 valence electrons. The van der Waals surface area contributed by atoms with Crippen LogP contribution in [0.4, 0.5) is 0 Å². The molecule has 0 radical (unpaired) electrons. The van der Waals surface area contributed by atoms with Crippen molar-refractivity contribution in [3.63, 3.8) is 0 Å². The van der Waals surface area contributed by atoms with E-state index in [-0.39, 0.29) is 11.5 Å². The van der Waals surface area contributed by atoms with Gasteiger partial charge in [0.25, 0.3) is 11.5 Å². The number of aromatic nitrogens is 2. The van der Waals surface area contributed by atoms with E-state index in [1.807, 2.05) is 0 Å². The fraction of sp³-hybridized carbons (Fsp3) is 0.364. The van der Waals surface area contributed by atoms with E-state index in [0.717, 1.165) is 11.1 Å². The van der Waals surface area contributed by atoms with E-state index >= 15 is 0 Å². The van der Waals surface area contributed by atoms with Gasteiger partial charge in [-0.2, -0.15) is 0 Å². The van der Waals surface area contributed by atoms with Gasteiger partial charge in [0.2, 0.25) is 0 Å². The van der Waals surface area contributed by atoms with Gasteiger partial charge in [-0.15, -0.1) is 0 Å². The van der Waals surface area contributed by atoms with E-state index in [4.69, 9.17) is 9.15 Å². The molecule has 3 heterocycles. The Labute approximate surface area is 172 Å². The summed E-state index contributed by atoms with van der Waals surface area (Å²) in [5.74, 6) is 0.950. The summed E-state index contributed by atoms with van der Waals surface area (Å²) in [6, 6.07) is 8.15. The Hall–Kier alpha value is -3.42. The summed E-state index contributed by atoms with van der Waals surface area (Å²) >= 11 is 0. The lowest BCUT2D eigenvalue weighted by Crippen LogP contribution is -2.42. The summed E-state index contributed by atoms with van der Waals surface area (Å²) in [6.07, 6.45) is 0.275. The lowest BCUT2D eigenvalue weighted by atomic mass is 10.1. The Morgan fingerprint density at radius 3 is 2.70 bits per heavy atom. The summed E-state index contributed by atoms with van der Waals surface area (Å²) in [4.78, 5) is 43.2. The first kappa shape index (κ1) is 19.9. The summed E-state index contributed by atoms with van der Waals surface area (Å²) in [5.41, 5.74) is 1.36. The molecule has 1 atom stereocenters. The van der Waals surface area contributed by atoms with Gasteiger partial charge < -0.3 is 14.1 Å². The van der Waals surface area contributed by atoms with E-state index in [0.29, 0.717) is 48.7 Å². The standard InChI is InChI=1S/C22H23N3O5/c1-13(29-16-6-4-15-5-7-20(26)30-19(15)12-16)21(27)25-10-8-17-18(9-11-25)23-14(2)24(3)22(17)28/h4-7,12-13H,8-11H2,1-3H3. The molecule has 8 nitrogen and oxygen atoms in total. The molecule has 8 heteroatoms. The van der Waals surface area contributed by atoms with Gasteiger partial charge in [0.15, 0.2) is 6.10 Å². The SMILES string of the molecule is Cc1nc2c(c(=O)n1C)CCN(C(=O)C(C)Oc1ccc3ccc(=O)oc3c1)CC2. The van der Waals surface area contributed by atoms with Crippen LogP contribution in [0.15, 0.2) is 44.3 Å². The van der Waals surface area contributed by atoms with Crippen molar-refractivity contribution in [1.29, 1.82) is 0 Å². The van der Waals surface area contributed by atoms with Crippen LogP contribution in [0.3, 0.4) is 0 Å². The van der Waals surface area contributed by atoms with Crippen molar-refractivity contribution >= 4 is 16.9 Å². The average Bonchev–Trinajstić information content (AvgIpc) is 2.94. The third-order valence-electron chi connectivity index (χ3n) is 5.51. The van der Waals surface area contributed by atoms with Gasteiger partial charge in [-0.3, -0.25) is 14.2 Å². The Bertz CT molecular complexity index is 1240. The maximum atomic E-state index is 13.0. The van der Waals surface area contributed by atoms with Crippen LogP contribution in [0.25, 0.3) is 11.0 Å². The number of rotatable bonds is 3. The van der Waals surface area contributed by atoms with E-state index < -0.39 is 11.7 Å². The van der Waals surface area contributed by atoms with Gasteiger partial charge in [0.1, 0.15) is 17.2 Å². The molecular formula is C22H23N3O5. The number of fused-ring (bicyclic) bond motifs is 2. The molecule has 0 N–H and O–H groups in total. The zero-order valence-electron chi connectivity index (χ0n) is 17.2. The smallest absolute Gasteiger partial charge is 0.336 e. The normalized spacial score (nSPS) is 14.8. The second-order valence-corrected chi connectivity index (χ2v) is 7.49. The lowest BCUT2D eigenvalue weighted by molar-refractivity contribution is -0.137. The number of hydrogen-bond acceptors (Lipinski definition) is 6. The van der Waals surface area contributed by atoms with Crippen molar-refractivity contribution < 1.29 is 13.9 Å². The van der Waals surface area contributed by atoms with Gasteiger partial charge >= 0.3 is 5.63 Å². The first-order valence-corrected chi connectivity index (χ1v) is 9.88. The molecular weight excluding hydrogens is 386 g/mol. The molecule has 3 aromatic rings. The molecule has 0 aliphatic carbocycles. The minimum atomic E-state index is -0.725. The van der Waals surface area contributed by atoms with Crippen LogP contribution in [0.1, 0.15) is 24.0 Å². The molecule has 0 fully saturated rings. The zero-order valence-corrected chi connectivity index (χ0v) is 17.2. The highest BCUT2D eigenvalue weighted by atomic mass is 16.5. The number of amides is 1. The Balaban J connectivity index is 1.49. The minimum absolute atomic E-state index is 0.0475. The summed E-state index contributed by atoms with van der Waals surface area (Å²) in [7, 11) is 1.71. The lowest BCUT2D eigenvalue weighted by Gasteiger charge is -2.24. The highest BCUT2D eigenvalue weighted by Crippen LogP contribution is 2.21. The average molecular weight is 409 g/mol. The van der Waals surface area contributed by atoms with E-state index in [1.54, 1.807) is 54.6 Å². The fourth-order valence-corrected chi connectivity index (χ4v) is 3.71. The second kappa shape index (κ2) is 7.78. The van der Waals surface area contributed by atoms with Crippen molar-refractivity contribution in [2.24, 2.45) is 7.05 Å². The van der Waals surface area contributed by atoms with Gasteiger partial charge in [-0.05, 0) is 38.5 Å². The number of hydrogen-bond donors (Lipinski definition) is 0. The topological polar surface area (TPSA) is 94.6 Å². The summed E-state index contributed by atoms with van der Waals surface area (Å²) < 4.78 is 12.5. The molecule has 1 unspecified atom stereocenters. The van der Waals surface area contributed by atoms with Gasteiger partial charge in [0.05, 0.1) is 5.69 Å². The molecule has 1 aliphatic rings. The molecule has 0 bridgehead atoms. The largest absolute Gasteiger partial charge is 0.481 e. The zero-order chi connectivity index (χ0) is 21.4. The fourth-order valence-electron chi connectivity index (χ4n) is 3.71. The Morgan fingerprint density at radius 2 is 1.90 bits per heavy atom. The number of carbonyl (C=O) groups excluding carboxylic acids is 1. The Kier molecular flexibility index (Phi) is 5.15. The first-order chi connectivity index (χ1) is 14.3. The van der Waals surface area contributed by atoms with Crippen molar-refractivity contribution in [1.82, 2.24) is 14.5 Å². The molecule has 1 aromatic carbocycles. The molecule has 0 saturated heterocycles. The summed E-state index contributed by atoms with van der Waals surface area (Å²) in [5, 5.41) is 0.774. The van der Waals surface area contributed by atoms with Crippen LogP contribution in [0, 0.1) is 6.92 Å². The predicted molar refractivity (Wildman–Crippen MR) is 111 cm³/mol. The molecule has 1 aliphatic heterocycles. The number of carbonyl (C=O) groups is 1. The molecule has 4 rings (SSSR count). The van der Waals surface area contributed by atoms with Crippen LogP contribution in [-0.4, -0.2) is 39.6 Å². The van der Waals surface area contributed by atoms with Gasteiger partial charge in [-0.1, -0.05) is 0 Å². The third kappa shape index (κ3) is 3.72. The maximum absolute atomic E-state index is 13.0. The van der Waals surface area contributed by atoms with Crippen molar-refractivity contribution in [2.75, 3.05) is 13.1 Å². The van der Waals surface area contributed by atoms with Crippen LogP contribution >= 0.6 is 0 Å². The molecule has 0 spiro atoms. The van der Waals surface area contributed by atoms with E-state index in [2.05, 4.69) is 4.98 Å². The molecule has 1 amide bonds. The number of aryl methyl sites for hydroxylation is 1. The molecule has 0 saturated carbocycles. The number of benzene rings is 1. The monoisotopic (exact) mass is 409 g/mol. The number of ether oxygens (including phenoxy) is 1. The third-order valence-corrected chi connectivity index (χ3v) is 5.51. The van der Waals surface area contributed by atoms with Crippen LogP contribution < -0.4 is 15.9 Å². The van der Waals surface area contributed by atoms with E-state index in [1.165, 1.54) is 6.07 Å². The maximum Gasteiger partial charge on any atom is 0.336 e. The Morgan fingerprint density at radius 1 is 1.17 bits per heavy atom. The highest BCUT2D eigenvalue weighted by molar-refractivity contribution is 5.81. The van der Waals surface area contributed by atoms with Gasteiger partial charge in [-0.25, -0.2) is 9.78 Å².